The molecule has 116 valence electrons. The summed E-state index contributed by atoms with van der Waals surface area (Å²) in [5.74, 6) is 0. The van der Waals surface area contributed by atoms with Gasteiger partial charge in [0.05, 0.1) is 19.5 Å². The van der Waals surface area contributed by atoms with Gasteiger partial charge in [0.1, 0.15) is 0 Å². The van der Waals surface area contributed by atoms with E-state index in [9.17, 15) is 0 Å². The van der Waals surface area contributed by atoms with E-state index in [1.54, 1.807) is 6.08 Å². The molecule has 0 bridgehead atoms. The lowest BCUT2D eigenvalue weighted by molar-refractivity contribution is -0.159. The second-order valence-corrected chi connectivity index (χ2v) is 4.98. The lowest BCUT2D eigenvalue weighted by atomic mass is 10.2. The molecule has 1 N–H and O–H groups in total. The highest BCUT2D eigenvalue weighted by Gasteiger charge is 2.09. The van der Waals surface area contributed by atoms with Crippen LogP contribution in [0.25, 0.3) is 0 Å². The van der Waals surface area contributed by atoms with Crippen molar-refractivity contribution in [2.75, 3.05) is 0 Å². The van der Waals surface area contributed by atoms with Gasteiger partial charge in [0.25, 0.3) is 0 Å². The van der Waals surface area contributed by atoms with Crippen LogP contribution < -0.4 is 0 Å². The standard InChI is InChI=1S/C19H22O3/c20-14-8-7-13-19(21-15-17-9-3-1-4-10-17)22-16-18-11-5-2-6-12-18/h1-6,8-12,14,19-20H,7,13,15-16H2. The van der Waals surface area contributed by atoms with Crippen molar-refractivity contribution in [2.24, 2.45) is 0 Å². The van der Waals surface area contributed by atoms with Crippen molar-refractivity contribution in [1.29, 1.82) is 0 Å². The van der Waals surface area contributed by atoms with Crippen molar-refractivity contribution >= 4 is 0 Å². The van der Waals surface area contributed by atoms with Crippen molar-refractivity contribution in [1.82, 2.24) is 0 Å². The number of aliphatic hydroxyl groups excluding tert-OH is 1. The number of benzene rings is 2. The van der Waals surface area contributed by atoms with Crippen molar-refractivity contribution in [2.45, 2.75) is 32.3 Å². The molecule has 0 fully saturated rings. The van der Waals surface area contributed by atoms with Gasteiger partial charge in [0.2, 0.25) is 0 Å². The van der Waals surface area contributed by atoms with Gasteiger partial charge in [-0.1, -0.05) is 60.7 Å². The topological polar surface area (TPSA) is 38.7 Å². The first-order valence-electron chi connectivity index (χ1n) is 7.49. The van der Waals surface area contributed by atoms with E-state index in [0.717, 1.165) is 17.4 Å². The molecule has 0 radical (unpaired) electrons. The van der Waals surface area contributed by atoms with Crippen LogP contribution in [0.4, 0.5) is 0 Å². The Morgan fingerprint density at radius 1 is 0.818 bits per heavy atom. The van der Waals surface area contributed by atoms with Gasteiger partial charge in [-0.25, -0.2) is 0 Å². The molecule has 0 unspecified atom stereocenters. The largest absolute Gasteiger partial charge is 0.516 e. The summed E-state index contributed by atoms with van der Waals surface area (Å²) < 4.78 is 11.7. The van der Waals surface area contributed by atoms with Crippen LogP contribution in [-0.2, 0) is 22.7 Å². The van der Waals surface area contributed by atoms with E-state index in [4.69, 9.17) is 14.6 Å². The zero-order valence-electron chi connectivity index (χ0n) is 12.6. The Kier molecular flexibility index (Phi) is 7.22. The van der Waals surface area contributed by atoms with Crippen LogP contribution in [0.1, 0.15) is 24.0 Å². The van der Waals surface area contributed by atoms with Crippen LogP contribution in [-0.4, -0.2) is 11.4 Å². The summed E-state index contributed by atoms with van der Waals surface area (Å²) in [7, 11) is 0. The first kappa shape index (κ1) is 16.3. The molecular weight excluding hydrogens is 276 g/mol. The summed E-state index contributed by atoms with van der Waals surface area (Å²) in [6, 6.07) is 20.1. The van der Waals surface area contributed by atoms with E-state index in [1.807, 2.05) is 60.7 Å². The maximum atomic E-state index is 8.73. The maximum absolute atomic E-state index is 8.73. The highest BCUT2D eigenvalue weighted by atomic mass is 16.7. The Bertz CT molecular complexity index is 494. The number of rotatable bonds is 9. The van der Waals surface area contributed by atoms with Gasteiger partial charge in [0.15, 0.2) is 6.29 Å². The number of ether oxygens (including phenoxy) is 2. The Hall–Kier alpha value is -2.10. The molecule has 0 amide bonds. The SMILES string of the molecule is OC=CCCC(OCc1ccccc1)OCc1ccccc1. The molecule has 0 aromatic heterocycles. The lowest BCUT2D eigenvalue weighted by Gasteiger charge is -2.18. The smallest absolute Gasteiger partial charge is 0.158 e. The van der Waals surface area contributed by atoms with Crippen molar-refractivity contribution < 1.29 is 14.6 Å². The molecule has 3 nitrogen and oxygen atoms in total. The molecule has 0 spiro atoms. The second-order valence-electron chi connectivity index (χ2n) is 4.98. The number of allylic oxidation sites excluding steroid dienone is 1. The van der Waals surface area contributed by atoms with Gasteiger partial charge in [-0.05, 0) is 23.6 Å². The van der Waals surface area contributed by atoms with Gasteiger partial charge in [-0.3, -0.25) is 0 Å². The van der Waals surface area contributed by atoms with Crippen LogP contribution >= 0.6 is 0 Å². The zero-order valence-corrected chi connectivity index (χ0v) is 12.6. The van der Waals surface area contributed by atoms with Crippen molar-refractivity contribution in [3.05, 3.63) is 84.1 Å². The summed E-state index contributed by atoms with van der Waals surface area (Å²) in [6.07, 6.45) is 3.88. The van der Waals surface area contributed by atoms with Gasteiger partial charge >= 0.3 is 0 Å². The number of aliphatic hydroxyl groups is 1. The third kappa shape index (κ3) is 6.12. The van der Waals surface area contributed by atoms with Crippen LogP contribution in [0, 0.1) is 0 Å². The molecule has 22 heavy (non-hydrogen) atoms. The molecule has 3 heteroatoms. The minimum atomic E-state index is -0.295. The van der Waals surface area contributed by atoms with Gasteiger partial charge < -0.3 is 14.6 Å². The van der Waals surface area contributed by atoms with Crippen molar-refractivity contribution in [3.8, 4) is 0 Å². The van der Waals surface area contributed by atoms with Crippen LogP contribution in [0.2, 0.25) is 0 Å². The van der Waals surface area contributed by atoms with E-state index in [-0.39, 0.29) is 6.29 Å². The molecular formula is C19H22O3. The van der Waals surface area contributed by atoms with Gasteiger partial charge in [-0.15, -0.1) is 0 Å². The van der Waals surface area contributed by atoms with Gasteiger partial charge in [-0.2, -0.15) is 0 Å². The Morgan fingerprint density at radius 2 is 1.32 bits per heavy atom. The summed E-state index contributed by atoms with van der Waals surface area (Å²) in [4.78, 5) is 0. The molecule has 0 atom stereocenters. The highest BCUT2D eigenvalue weighted by molar-refractivity contribution is 5.14. The number of hydrogen-bond acceptors (Lipinski definition) is 3. The fourth-order valence-electron chi connectivity index (χ4n) is 2.05. The molecule has 2 aromatic carbocycles. The van der Waals surface area contributed by atoms with Crippen LogP contribution in [0.3, 0.4) is 0 Å². The van der Waals surface area contributed by atoms with Crippen LogP contribution in [0.15, 0.2) is 73.0 Å². The summed E-state index contributed by atoms with van der Waals surface area (Å²) in [5, 5.41) is 8.73. The second kappa shape index (κ2) is 9.77. The summed E-state index contributed by atoms with van der Waals surface area (Å²) >= 11 is 0. The highest BCUT2D eigenvalue weighted by Crippen LogP contribution is 2.12. The Labute approximate surface area is 131 Å². The molecule has 0 heterocycles. The molecule has 0 aliphatic rings. The molecule has 0 saturated carbocycles. The van der Waals surface area contributed by atoms with Gasteiger partial charge in [0, 0.05) is 6.42 Å². The number of hydrogen-bond donors (Lipinski definition) is 1. The minimum absolute atomic E-state index is 0.295. The van der Waals surface area contributed by atoms with E-state index in [2.05, 4.69) is 0 Å². The molecule has 0 aliphatic carbocycles. The normalized spacial score (nSPS) is 11.3. The minimum Gasteiger partial charge on any atom is -0.516 e. The predicted octanol–water partition coefficient (Wildman–Crippen LogP) is 4.60. The third-order valence-corrected chi connectivity index (χ3v) is 3.23. The molecule has 2 aromatic rings. The average Bonchev–Trinajstić information content (AvgIpc) is 2.59. The average molecular weight is 298 g/mol. The van der Waals surface area contributed by atoms with E-state index < -0.39 is 0 Å². The fourth-order valence-corrected chi connectivity index (χ4v) is 2.05. The van der Waals surface area contributed by atoms with E-state index in [0.29, 0.717) is 26.1 Å². The zero-order chi connectivity index (χ0) is 15.5. The van der Waals surface area contributed by atoms with Crippen LogP contribution in [0.5, 0.6) is 0 Å². The van der Waals surface area contributed by atoms with E-state index in [1.165, 1.54) is 0 Å². The first-order valence-corrected chi connectivity index (χ1v) is 7.49. The predicted molar refractivity (Wildman–Crippen MR) is 87.3 cm³/mol. The summed E-state index contributed by atoms with van der Waals surface area (Å²) in [6.45, 7) is 1.03. The monoisotopic (exact) mass is 298 g/mol. The molecule has 0 saturated heterocycles. The summed E-state index contributed by atoms with van der Waals surface area (Å²) in [5.41, 5.74) is 2.24. The fraction of sp³-hybridized carbons (Fsp3) is 0.263. The lowest BCUT2D eigenvalue weighted by Crippen LogP contribution is -2.17. The quantitative estimate of drug-likeness (QED) is 0.543. The Balaban J connectivity index is 1.84. The van der Waals surface area contributed by atoms with E-state index >= 15 is 0 Å². The maximum Gasteiger partial charge on any atom is 0.158 e. The molecule has 0 aliphatic heterocycles. The Morgan fingerprint density at radius 3 is 1.77 bits per heavy atom. The first-order chi connectivity index (χ1) is 10.9. The molecule has 2 rings (SSSR count). The van der Waals surface area contributed by atoms with Crippen molar-refractivity contribution in [3.63, 3.8) is 0 Å². The third-order valence-electron chi connectivity index (χ3n) is 3.23.